The molecule has 0 saturated heterocycles. The van der Waals surface area contributed by atoms with E-state index in [1.54, 1.807) is 13.4 Å². The van der Waals surface area contributed by atoms with Crippen LogP contribution in [0.25, 0.3) is 0 Å². The topological polar surface area (TPSA) is 60.4 Å². The molecule has 1 atom stereocenters. The van der Waals surface area contributed by atoms with Crippen molar-refractivity contribution < 1.29 is 9.15 Å². The molecular weight excluding hydrogens is 228 g/mol. The maximum atomic E-state index is 5.67. The summed E-state index contributed by atoms with van der Waals surface area (Å²) >= 11 is 0. The molecule has 0 aliphatic rings. The van der Waals surface area contributed by atoms with Gasteiger partial charge in [0.25, 0.3) is 0 Å². The molecule has 1 unspecified atom stereocenters. The highest BCUT2D eigenvalue weighted by atomic mass is 16.5. The zero-order valence-corrected chi connectivity index (χ0v) is 10.9. The fourth-order valence-electron chi connectivity index (χ4n) is 2.06. The standard InChI is InChI=1S/C14H18N2O2/c1-9-4-5-13(17-3)12(6-9)14(16-15)11-7-10(2)18-8-11/h4-8,14,16H,15H2,1-3H3. The van der Waals surface area contributed by atoms with Gasteiger partial charge in [-0.2, -0.15) is 0 Å². The molecule has 1 heterocycles. The van der Waals surface area contributed by atoms with Crippen molar-refractivity contribution in [3.05, 3.63) is 53.0 Å². The first-order valence-corrected chi connectivity index (χ1v) is 5.81. The van der Waals surface area contributed by atoms with Gasteiger partial charge < -0.3 is 9.15 Å². The quantitative estimate of drug-likeness (QED) is 0.642. The minimum absolute atomic E-state index is 0.141. The first-order chi connectivity index (χ1) is 8.65. The van der Waals surface area contributed by atoms with Crippen LogP contribution in [0.1, 0.15) is 28.5 Å². The Hall–Kier alpha value is -1.78. The summed E-state index contributed by atoms with van der Waals surface area (Å²) in [5, 5.41) is 0. The number of benzene rings is 1. The minimum atomic E-state index is -0.141. The van der Waals surface area contributed by atoms with Gasteiger partial charge in [0.05, 0.1) is 19.4 Å². The van der Waals surface area contributed by atoms with Crippen LogP contribution in [0.15, 0.2) is 34.9 Å². The molecular formula is C14H18N2O2. The highest BCUT2D eigenvalue weighted by Gasteiger charge is 2.18. The van der Waals surface area contributed by atoms with Crippen LogP contribution in [-0.4, -0.2) is 7.11 Å². The molecule has 0 spiro atoms. The van der Waals surface area contributed by atoms with Crippen molar-refractivity contribution in [3.8, 4) is 5.75 Å². The van der Waals surface area contributed by atoms with E-state index in [4.69, 9.17) is 15.0 Å². The minimum Gasteiger partial charge on any atom is -0.496 e. The maximum Gasteiger partial charge on any atom is 0.124 e. The van der Waals surface area contributed by atoms with E-state index in [1.165, 1.54) is 0 Å². The number of ether oxygens (including phenoxy) is 1. The number of methoxy groups -OCH3 is 1. The van der Waals surface area contributed by atoms with Crippen molar-refractivity contribution >= 4 is 0 Å². The van der Waals surface area contributed by atoms with Crippen LogP contribution in [0.2, 0.25) is 0 Å². The van der Waals surface area contributed by atoms with Crippen molar-refractivity contribution in [2.24, 2.45) is 5.84 Å². The SMILES string of the molecule is COc1ccc(C)cc1C(NN)c1coc(C)c1. The van der Waals surface area contributed by atoms with Crippen LogP contribution in [0.4, 0.5) is 0 Å². The number of furan rings is 1. The lowest BCUT2D eigenvalue weighted by Crippen LogP contribution is -2.29. The number of nitrogens with one attached hydrogen (secondary N) is 1. The zero-order valence-electron chi connectivity index (χ0n) is 10.9. The fraction of sp³-hybridized carbons (Fsp3) is 0.286. The van der Waals surface area contributed by atoms with Crippen molar-refractivity contribution in [1.82, 2.24) is 5.43 Å². The van der Waals surface area contributed by atoms with Crippen molar-refractivity contribution in [2.75, 3.05) is 7.11 Å². The van der Waals surface area contributed by atoms with Crippen LogP contribution in [0.5, 0.6) is 5.75 Å². The molecule has 2 aromatic rings. The predicted molar refractivity (Wildman–Crippen MR) is 70.3 cm³/mol. The van der Waals surface area contributed by atoms with E-state index in [0.29, 0.717) is 0 Å². The van der Waals surface area contributed by atoms with Gasteiger partial charge in [0, 0.05) is 11.1 Å². The molecule has 0 fully saturated rings. The largest absolute Gasteiger partial charge is 0.496 e. The number of hydrogen-bond acceptors (Lipinski definition) is 4. The first-order valence-electron chi connectivity index (χ1n) is 5.81. The van der Waals surface area contributed by atoms with E-state index >= 15 is 0 Å². The first kappa shape index (κ1) is 12.7. The molecule has 4 nitrogen and oxygen atoms in total. The summed E-state index contributed by atoms with van der Waals surface area (Å²) in [6, 6.07) is 7.84. The van der Waals surface area contributed by atoms with Crippen LogP contribution in [0.3, 0.4) is 0 Å². The van der Waals surface area contributed by atoms with Gasteiger partial charge >= 0.3 is 0 Å². The second kappa shape index (κ2) is 5.25. The molecule has 18 heavy (non-hydrogen) atoms. The summed E-state index contributed by atoms with van der Waals surface area (Å²) in [5.74, 6) is 7.34. The van der Waals surface area contributed by atoms with Gasteiger partial charge in [-0.1, -0.05) is 17.7 Å². The van der Waals surface area contributed by atoms with Crippen LogP contribution < -0.4 is 16.0 Å². The molecule has 2 rings (SSSR count). The summed E-state index contributed by atoms with van der Waals surface area (Å²) < 4.78 is 10.7. The molecule has 96 valence electrons. The molecule has 0 amide bonds. The van der Waals surface area contributed by atoms with Crippen LogP contribution in [0, 0.1) is 13.8 Å². The van der Waals surface area contributed by atoms with Crippen LogP contribution >= 0.6 is 0 Å². The summed E-state index contributed by atoms with van der Waals surface area (Å²) in [6.07, 6.45) is 1.71. The van der Waals surface area contributed by atoms with Gasteiger partial charge in [-0.3, -0.25) is 5.84 Å². The van der Waals surface area contributed by atoms with E-state index in [9.17, 15) is 0 Å². The Morgan fingerprint density at radius 1 is 1.28 bits per heavy atom. The Bertz CT molecular complexity index is 534. The number of hydrogen-bond donors (Lipinski definition) is 2. The lowest BCUT2D eigenvalue weighted by atomic mass is 9.99. The van der Waals surface area contributed by atoms with Gasteiger partial charge in [-0.25, -0.2) is 5.43 Å². The highest BCUT2D eigenvalue weighted by Crippen LogP contribution is 2.31. The highest BCUT2D eigenvalue weighted by molar-refractivity contribution is 5.43. The van der Waals surface area contributed by atoms with Crippen molar-refractivity contribution in [2.45, 2.75) is 19.9 Å². The summed E-state index contributed by atoms with van der Waals surface area (Å²) in [5.41, 5.74) is 5.95. The van der Waals surface area contributed by atoms with E-state index < -0.39 is 0 Å². The van der Waals surface area contributed by atoms with E-state index in [2.05, 4.69) is 11.5 Å². The average Bonchev–Trinajstić information content (AvgIpc) is 2.77. The van der Waals surface area contributed by atoms with E-state index in [0.717, 1.165) is 28.2 Å². The monoisotopic (exact) mass is 246 g/mol. The second-order valence-electron chi connectivity index (χ2n) is 4.34. The lowest BCUT2D eigenvalue weighted by Gasteiger charge is -2.18. The van der Waals surface area contributed by atoms with Gasteiger partial charge in [0.2, 0.25) is 0 Å². The molecule has 1 aromatic heterocycles. The molecule has 0 aliphatic heterocycles. The van der Waals surface area contributed by atoms with E-state index in [1.807, 2.05) is 32.0 Å². The average molecular weight is 246 g/mol. The lowest BCUT2D eigenvalue weighted by molar-refractivity contribution is 0.404. The van der Waals surface area contributed by atoms with Crippen LogP contribution in [-0.2, 0) is 0 Å². The van der Waals surface area contributed by atoms with Gasteiger partial charge in [0.15, 0.2) is 0 Å². The molecule has 3 N–H and O–H groups in total. The molecule has 0 aliphatic carbocycles. The molecule has 0 radical (unpaired) electrons. The number of aryl methyl sites for hydroxylation is 2. The Labute approximate surface area is 107 Å². The summed E-state index contributed by atoms with van der Waals surface area (Å²) in [6.45, 7) is 3.95. The molecule has 0 saturated carbocycles. The third-order valence-electron chi connectivity index (χ3n) is 2.95. The normalized spacial score (nSPS) is 12.4. The van der Waals surface area contributed by atoms with Gasteiger partial charge in [-0.05, 0) is 26.0 Å². The van der Waals surface area contributed by atoms with Gasteiger partial charge in [0.1, 0.15) is 11.5 Å². The second-order valence-corrected chi connectivity index (χ2v) is 4.34. The number of hydrazine groups is 1. The Morgan fingerprint density at radius 2 is 2.06 bits per heavy atom. The van der Waals surface area contributed by atoms with Gasteiger partial charge in [-0.15, -0.1) is 0 Å². The Morgan fingerprint density at radius 3 is 2.61 bits per heavy atom. The molecule has 1 aromatic carbocycles. The smallest absolute Gasteiger partial charge is 0.124 e. The molecule has 0 bridgehead atoms. The van der Waals surface area contributed by atoms with E-state index in [-0.39, 0.29) is 6.04 Å². The molecule has 4 heteroatoms. The third-order valence-corrected chi connectivity index (χ3v) is 2.95. The fourth-order valence-corrected chi connectivity index (χ4v) is 2.06. The Balaban J connectivity index is 2.47. The predicted octanol–water partition coefficient (Wildman–Crippen LogP) is 2.46. The van der Waals surface area contributed by atoms with Crippen molar-refractivity contribution in [3.63, 3.8) is 0 Å². The van der Waals surface area contributed by atoms with Crippen molar-refractivity contribution in [1.29, 1.82) is 0 Å². The maximum absolute atomic E-state index is 5.67. The third kappa shape index (κ3) is 2.39. The summed E-state index contributed by atoms with van der Waals surface area (Å²) in [4.78, 5) is 0. The zero-order chi connectivity index (χ0) is 13.1. The number of rotatable bonds is 4. The summed E-state index contributed by atoms with van der Waals surface area (Å²) in [7, 11) is 1.66. The number of nitrogens with two attached hydrogens (primary N) is 1. The Kier molecular flexibility index (Phi) is 3.69.